The molecule has 6 nitrogen and oxygen atoms in total. The molecule has 0 bridgehead atoms. The molecule has 0 amide bonds. The summed E-state index contributed by atoms with van der Waals surface area (Å²) in [6.45, 7) is 6.63. The maximum atomic E-state index is 12.8. The monoisotopic (exact) mass is 1050 g/mol. The molecule has 0 aliphatic carbocycles. The van der Waals surface area contributed by atoms with Crippen LogP contribution in [0, 0.1) is 0 Å². The lowest BCUT2D eigenvalue weighted by atomic mass is 10.0. The quantitative estimate of drug-likeness (QED) is 0.0261. The first-order valence-corrected chi connectivity index (χ1v) is 33.8. The highest BCUT2D eigenvalue weighted by Crippen LogP contribution is 2.18. The van der Waals surface area contributed by atoms with Gasteiger partial charge in [-0.1, -0.05) is 315 Å². The summed E-state index contributed by atoms with van der Waals surface area (Å²) in [4.78, 5) is 38.0. The van der Waals surface area contributed by atoms with Gasteiger partial charge in [-0.2, -0.15) is 0 Å². The highest BCUT2D eigenvalue weighted by atomic mass is 16.6. The van der Waals surface area contributed by atoms with Crippen molar-refractivity contribution in [1.29, 1.82) is 0 Å². The molecule has 0 radical (unpaired) electrons. The minimum absolute atomic E-state index is 0.0680. The van der Waals surface area contributed by atoms with Crippen molar-refractivity contribution in [2.24, 2.45) is 0 Å². The first kappa shape index (κ1) is 72.9. The van der Waals surface area contributed by atoms with E-state index >= 15 is 0 Å². The fraction of sp³-hybridized carbons (Fsp3) is 0.899. The first-order valence-electron chi connectivity index (χ1n) is 33.8. The Morgan fingerprint density at radius 3 is 0.667 bits per heavy atom. The number of allylic oxidation sites excluding steroid dienone is 4. The van der Waals surface area contributed by atoms with Crippen molar-refractivity contribution in [3.63, 3.8) is 0 Å². The average molecular weight is 1060 g/mol. The van der Waals surface area contributed by atoms with E-state index in [2.05, 4.69) is 45.1 Å². The molecule has 0 aliphatic heterocycles. The van der Waals surface area contributed by atoms with Crippen LogP contribution in [0.5, 0.6) is 0 Å². The highest BCUT2D eigenvalue weighted by Gasteiger charge is 2.19. The van der Waals surface area contributed by atoms with Crippen LogP contribution in [0.2, 0.25) is 0 Å². The van der Waals surface area contributed by atoms with Crippen molar-refractivity contribution in [3.05, 3.63) is 24.3 Å². The van der Waals surface area contributed by atoms with Gasteiger partial charge in [0.1, 0.15) is 13.2 Å². The number of hydrogen-bond donors (Lipinski definition) is 0. The van der Waals surface area contributed by atoms with Crippen LogP contribution in [0.3, 0.4) is 0 Å². The summed E-state index contributed by atoms with van der Waals surface area (Å²) in [7, 11) is 0. The molecule has 0 spiro atoms. The van der Waals surface area contributed by atoms with Gasteiger partial charge in [0.15, 0.2) is 6.10 Å². The number of carbonyl (C=O) groups excluding carboxylic acids is 3. The van der Waals surface area contributed by atoms with Crippen molar-refractivity contribution < 1.29 is 28.6 Å². The fourth-order valence-electron chi connectivity index (χ4n) is 10.3. The summed E-state index contributed by atoms with van der Waals surface area (Å²) in [6, 6.07) is 0. The van der Waals surface area contributed by atoms with E-state index in [4.69, 9.17) is 14.2 Å². The standard InChI is InChI=1S/C69H130O6/c1-4-7-10-13-16-18-20-22-24-26-28-29-30-31-32-33-34-35-36-37-38-39-40-41-42-44-45-47-49-51-53-56-59-62-68(71)74-65-66(64-73-67(70)61-58-55-15-12-9-6-3)75-69(72)63-60-57-54-52-50-48-46-43-27-25-23-21-19-17-14-11-8-5-2/h25-28,66H,4-24,29-65H2,1-3H3/b27-25-,28-26-. The Bertz CT molecular complexity index is 1210. The van der Waals surface area contributed by atoms with Gasteiger partial charge in [-0.15, -0.1) is 0 Å². The van der Waals surface area contributed by atoms with Gasteiger partial charge in [0.05, 0.1) is 0 Å². The Balaban J connectivity index is 3.92. The van der Waals surface area contributed by atoms with Gasteiger partial charge in [-0.05, 0) is 70.6 Å². The Kier molecular flexibility index (Phi) is 62.6. The molecule has 0 saturated heterocycles. The number of carbonyl (C=O) groups is 3. The van der Waals surface area contributed by atoms with E-state index < -0.39 is 6.10 Å². The average Bonchev–Trinajstić information content (AvgIpc) is 3.41. The molecule has 0 heterocycles. The smallest absolute Gasteiger partial charge is 0.306 e. The summed E-state index contributed by atoms with van der Waals surface area (Å²) in [5.74, 6) is -0.859. The van der Waals surface area contributed by atoms with E-state index in [1.165, 1.54) is 283 Å². The molecule has 0 N–H and O–H groups in total. The third-order valence-corrected chi connectivity index (χ3v) is 15.4. The summed E-state index contributed by atoms with van der Waals surface area (Å²) >= 11 is 0. The van der Waals surface area contributed by atoms with Crippen LogP contribution in [0.1, 0.15) is 380 Å². The highest BCUT2D eigenvalue weighted by molar-refractivity contribution is 5.71. The number of unbranched alkanes of at least 4 members (excludes halogenated alkanes) is 48. The lowest BCUT2D eigenvalue weighted by Crippen LogP contribution is -2.30. The Morgan fingerprint density at radius 2 is 0.440 bits per heavy atom. The zero-order chi connectivity index (χ0) is 54.3. The largest absolute Gasteiger partial charge is 0.462 e. The minimum atomic E-state index is -0.767. The van der Waals surface area contributed by atoms with E-state index in [9.17, 15) is 14.4 Å². The Morgan fingerprint density at radius 1 is 0.253 bits per heavy atom. The maximum Gasteiger partial charge on any atom is 0.306 e. The van der Waals surface area contributed by atoms with Gasteiger partial charge in [0.25, 0.3) is 0 Å². The third-order valence-electron chi connectivity index (χ3n) is 15.4. The number of esters is 3. The van der Waals surface area contributed by atoms with Gasteiger partial charge in [-0.25, -0.2) is 0 Å². The predicted molar refractivity (Wildman–Crippen MR) is 326 cm³/mol. The van der Waals surface area contributed by atoms with Crippen LogP contribution >= 0.6 is 0 Å². The van der Waals surface area contributed by atoms with Gasteiger partial charge in [0, 0.05) is 19.3 Å². The van der Waals surface area contributed by atoms with E-state index in [0.29, 0.717) is 19.3 Å². The summed E-state index contributed by atoms with van der Waals surface area (Å²) in [5.41, 5.74) is 0. The summed E-state index contributed by atoms with van der Waals surface area (Å²) in [6.07, 6.45) is 78.2. The number of hydrogen-bond acceptors (Lipinski definition) is 6. The van der Waals surface area contributed by atoms with E-state index in [0.717, 1.165) is 57.8 Å². The topological polar surface area (TPSA) is 78.9 Å². The second-order valence-electron chi connectivity index (χ2n) is 23.1. The maximum absolute atomic E-state index is 12.8. The molecule has 0 aromatic carbocycles. The molecular weight excluding hydrogens is 925 g/mol. The van der Waals surface area contributed by atoms with Crippen LogP contribution < -0.4 is 0 Å². The molecule has 0 aromatic heterocycles. The zero-order valence-electron chi connectivity index (χ0n) is 50.8. The molecule has 0 aliphatic rings. The SMILES string of the molecule is CCCCCCCCC/C=C\CCCCCCCCCC(=O)OC(COC(=O)CCCCCCCC)COC(=O)CCCCCCCCCCCCCCCCCCCCCCC/C=C\CCCCCCCCCC. The van der Waals surface area contributed by atoms with Crippen LogP contribution in [0.15, 0.2) is 24.3 Å². The van der Waals surface area contributed by atoms with Crippen LogP contribution in [0.25, 0.3) is 0 Å². The molecule has 75 heavy (non-hydrogen) atoms. The molecule has 1 atom stereocenters. The number of rotatable bonds is 63. The summed E-state index contributed by atoms with van der Waals surface area (Å²) < 4.78 is 16.8. The van der Waals surface area contributed by atoms with Crippen molar-refractivity contribution >= 4 is 17.9 Å². The van der Waals surface area contributed by atoms with Crippen LogP contribution in [-0.4, -0.2) is 37.2 Å². The predicted octanol–water partition coefficient (Wildman–Crippen LogP) is 23.0. The van der Waals surface area contributed by atoms with E-state index in [-0.39, 0.29) is 31.1 Å². The minimum Gasteiger partial charge on any atom is -0.462 e. The van der Waals surface area contributed by atoms with Crippen molar-refractivity contribution in [1.82, 2.24) is 0 Å². The van der Waals surface area contributed by atoms with Crippen LogP contribution in [-0.2, 0) is 28.6 Å². The van der Waals surface area contributed by atoms with Crippen molar-refractivity contribution in [3.8, 4) is 0 Å². The fourth-order valence-corrected chi connectivity index (χ4v) is 10.3. The van der Waals surface area contributed by atoms with Gasteiger partial charge in [0.2, 0.25) is 0 Å². The zero-order valence-corrected chi connectivity index (χ0v) is 50.8. The van der Waals surface area contributed by atoms with Gasteiger partial charge >= 0.3 is 17.9 Å². The van der Waals surface area contributed by atoms with Crippen LogP contribution in [0.4, 0.5) is 0 Å². The second kappa shape index (κ2) is 64.4. The number of ether oxygens (including phenoxy) is 3. The molecule has 1 unspecified atom stereocenters. The Hall–Kier alpha value is -2.11. The van der Waals surface area contributed by atoms with E-state index in [1.54, 1.807) is 0 Å². The Labute approximate surface area is 468 Å². The van der Waals surface area contributed by atoms with E-state index in [1.807, 2.05) is 0 Å². The molecule has 0 fully saturated rings. The third kappa shape index (κ3) is 62.6. The lowest BCUT2D eigenvalue weighted by Gasteiger charge is -2.18. The molecule has 6 heteroatoms. The molecule has 442 valence electrons. The van der Waals surface area contributed by atoms with Crippen molar-refractivity contribution in [2.75, 3.05) is 13.2 Å². The first-order chi connectivity index (χ1) is 37.0. The normalized spacial score (nSPS) is 12.1. The lowest BCUT2D eigenvalue weighted by molar-refractivity contribution is -0.167. The second-order valence-corrected chi connectivity index (χ2v) is 23.1. The molecular formula is C69H130O6. The van der Waals surface area contributed by atoms with Gasteiger partial charge in [-0.3, -0.25) is 14.4 Å². The molecule has 0 rings (SSSR count). The summed E-state index contributed by atoms with van der Waals surface area (Å²) in [5, 5.41) is 0. The molecule has 0 saturated carbocycles. The van der Waals surface area contributed by atoms with Gasteiger partial charge < -0.3 is 14.2 Å². The van der Waals surface area contributed by atoms with Crippen molar-refractivity contribution in [2.45, 2.75) is 386 Å². The molecule has 0 aromatic rings.